The molecule has 1 aromatic carbocycles. The van der Waals surface area contributed by atoms with E-state index in [1.54, 1.807) is 36.9 Å². The zero-order valence-corrected chi connectivity index (χ0v) is 15.0. The molecule has 0 bridgehead atoms. The van der Waals surface area contributed by atoms with Gasteiger partial charge in [0.2, 0.25) is 0 Å². The monoisotopic (exact) mass is 350 g/mol. The molecule has 130 valence electrons. The van der Waals surface area contributed by atoms with Gasteiger partial charge in [0.1, 0.15) is 18.0 Å². The summed E-state index contributed by atoms with van der Waals surface area (Å²) >= 11 is 1.80. The molecule has 0 aromatic heterocycles. The van der Waals surface area contributed by atoms with Gasteiger partial charge in [-0.3, -0.25) is 9.69 Å². The number of rotatable bonds is 5. The number of hydrogen-bond acceptors (Lipinski definition) is 5. The molecule has 6 nitrogen and oxygen atoms in total. The number of amides is 3. The molecule has 0 aliphatic carbocycles. The molecule has 0 N–H and O–H groups in total. The standard InChI is InChI=1S/C17H22N2O4S/c1-11-9-24-10-15(11)19-16(20)8-18(17(19)21)7-12-4-13(22-2)6-14(5-12)23-3/h4-6,11,15H,7-10H2,1-3H3/t11-,15+/m1/s1. The van der Waals surface area contributed by atoms with Gasteiger partial charge in [0.25, 0.3) is 5.91 Å². The highest BCUT2D eigenvalue weighted by molar-refractivity contribution is 7.99. The first-order valence-corrected chi connectivity index (χ1v) is 9.09. The van der Waals surface area contributed by atoms with Gasteiger partial charge >= 0.3 is 6.03 Å². The lowest BCUT2D eigenvalue weighted by Gasteiger charge is -2.25. The molecular weight excluding hydrogens is 328 g/mol. The van der Waals surface area contributed by atoms with Crippen LogP contribution >= 0.6 is 11.8 Å². The molecule has 2 aliphatic rings. The van der Waals surface area contributed by atoms with Crippen molar-refractivity contribution in [2.24, 2.45) is 5.92 Å². The van der Waals surface area contributed by atoms with E-state index in [4.69, 9.17) is 9.47 Å². The normalized spacial score (nSPS) is 24.0. The molecule has 0 spiro atoms. The van der Waals surface area contributed by atoms with Crippen molar-refractivity contribution in [1.82, 2.24) is 9.80 Å². The van der Waals surface area contributed by atoms with Crippen LogP contribution in [0.3, 0.4) is 0 Å². The lowest BCUT2D eigenvalue weighted by molar-refractivity contribution is -0.127. The second-order valence-corrected chi connectivity index (χ2v) is 7.28. The second kappa shape index (κ2) is 6.93. The van der Waals surface area contributed by atoms with E-state index in [1.807, 2.05) is 12.1 Å². The summed E-state index contributed by atoms with van der Waals surface area (Å²) in [5, 5.41) is 0. The number of carbonyl (C=O) groups is 2. The fourth-order valence-electron chi connectivity index (χ4n) is 3.17. The van der Waals surface area contributed by atoms with E-state index in [2.05, 4.69) is 6.92 Å². The lowest BCUT2D eigenvalue weighted by Crippen LogP contribution is -2.44. The number of urea groups is 1. The van der Waals surface area contributed by atoms with Crippen LogP contribution in [0, 0.1) is 5.92 Å². The Morgan fingerprint density at radius 2 is 1.79 bits per heavy atom. The van der Waals surface area contributed by atoms with E-state index in [-0.39, 0.29) is 24.5 Å². The number of ether oxygens (including phenoxy) is 2. The van der Waals surface area contributed by atoms with Crippen LogP contribution in [-0.4, -0.2) is 60.1 Å². The van der Waals surface area contributed by atoms with Gasteiger partial charge in [-0.15, -0.1) is 0 Å². The van der Waals surface area contributed by atoms with Crippen LogP contribution in [0.4, 0.5) is 4.79 Å². The first-order valence-electron chi connectivity index (χ1n) is 7.94. The molecule has 24 heavy (non-hydrogen) atoms. The first-order chi connectivity index (χ1) is 11.5. The molecule has 0 unspecified atom stereocenters. The molecule has 2 saturated heterocycles. The van der Waals surface area contributed by atoms with Crippen LogP contribution < -0.4 is 9.47 Å². The summed E-state index contributed by atoms with van der Waals surface area (Å²) in [6.45, 7) is 2.59. The maximum atomic E-state index is 12.7. The van der Waals surface area contributed by atoms with Crippen molar-refractivity contribution >= 4 is 23.7 Å². The molecule has 2 fully saturated rings. The molecule has 0 saturated carbocycles. The highest BCUT2D eigenvalue weighted by Crippen LogP contribution is 2.31. The Balaban J connectivity index is 1.77. The number of imide groups is 1. The van der Waals surface area contributed by atoms with E-state index in [0.717, 1.165) is 17.1 Å². The summed E-state index contributed by atoms with van der Waals surface area (Å²) in [6, 6.07) is 5.32. The van der Waals surface area contributed by atoms with E-state index in [9.17, 15) is 9.59 Å². The van der Waals surface area contributed by atoms with Crippen molar-refractivity contribution in [3.05, 3.63) is 23.8 Å². The quantitative estimate of drug-likeness (QED) is 0.762. The third kappa shape index (κ3) is 3.17. The van der Waals surface area contributed by atoms with Crippen molar-refractivity contribution < 1.29 is 19.1 Å². The lowest BCUT2D eigenvalue weighted by atomic mass is 10.1. The zero-order valence-electron chi connectivity index (χ0n) is 14.2. The molecule has 2 atom stereocenters. The van der Waals surface area contributed by atoms with Gasteiger partial charge < -0.3 is 14.4 Å². The van der Waals surface area contributed by atoms with Crippen LogP contribution in [0.25, 0.3) is 0 Å². The number of benzene rings is 1. The minimum absolute atomic E-state index is 0.0137. The minimum Gasteiger partial charge on any atom is -0.497 e. The van der Waals surface area contributed by atoms with Gasteiger partial charge in [-0.2, -0.15) is 11.8 Å². The summed E-state index contributed by atoms with van der Waals surface area (Å²) in [6.07, 6.45) is 0. The predicted octanol–water partition coefficient (Wildman–Crippen LogP) is 2.22. The second-order valence-electron chi connectivity index (χ2n) is 6.21. The summed E-state index contributed by atoms with van der Waals surface area (Å²) in [4.78, 5) is 28.1. The van der Waals surface area contributed by atoms with E-state index in [0.29, 0.717) is 24.0 Å². The SMILES string of the molecule is COc1cc(CN2CC(=O)N([C@H]3CSC[C@H]3C)C2=O)cc(OC)c1. The van der Waals surface area contributed by atoms with Gasteiger partial charge in [0.15, 0.2) is 0 Å². The summed E-state index contributed by atoms with van der Waals surface area (Å²) in [5.74, 6) is 3.41. The van der Waals surface area contributed by atoms with Crippen LogP contribution in [-0.2, 0) is 11.3 Å². The van der Waals surface area contributed by atoms with Gasteiger partial charge in [0.05, 0.1) is 20.3 Å². The average molecular weight is 350 g/mol. The van der Waals surface area contributed by atoms with Crippen LogP contribution in [0.1, 0.15) is 12.5 Å². The molecule has 7 heteroatoms. The Hall–Kier alpha value is -1.89. The fraction of sp³-hybridized carbons (Fsp3) is 0.529. The Morgan fingerprint density at radius 3 is 2.33 bits per heavy atom. The maximum Gasteiger partial charge on any atom is 0.327 e. The van der Waals surface area contributed by atoms with Gasteiger partial charge in [-0.1, -0.05) is 6.92 Å². The fourth-order valence-corrected chi connectivity index (χ4v) is 4.62. The Labute approximate surface area is 146 Å². The van der Waals surface area contributed by atoms with Gasteiger partial charge in [0, 0.05) is 18.4 Å². The van der Waals surface area contributed by atoms with Gasteiger partial charge in [-0.25, -0.2) is 4.79 Å². The summed E-state index contributed by atoms with van der Waals surface area (Å²) in [7, 11) is 3.17. The Bertz CT molecular complexity index is 629. The molecule has 0 radical (unpaired) electrons. The summed E-state index contributed by atoms with van der Waals surface area (Å²) in [5.41, 5.74) is 0.878. The number of methoxy groups -OCH3 is 2. The topological polar surface area (TPSA) is 59.1 Å². The average Bonchev–Trinajstić information content (AvgIpc) is 3.10. The van der Waals surface area contributed by atoms with Crippen molar-refractivity contribution in [3.63, 3.8) is 0 Å². The zero-order chi connectivity index (χ0) is 17.3. The predicted molar refractivity (Wildman–Crippen MR) is 92.5 cm³/mol. The first kappa shape index (κ1) is 17.0. The maximum absolute atomic E-state index is 12.7. The largest absolute Gasteiger partial charge is 0.497 e. The van der Waals surface area contributed by atoms with Crippen molar-refractivity contribution in [1.29, 1.82) is 0 Å². The number of nitrogens with zero attached hydrogens (tertiary/aromatic N) is 2. The van der Waals surface area contributed by atoms with E-state index >= 15 is 0 Å². The number of hydrogen-bond donors (Lipinski definition) is 0. The van der Waals surface area contributed by atoms with Crippen molar-refractivity contribution in [2.45, 2.75) is 19.5 Å². The highest BCUT2D eigenvalue weighted by Gasteiger charge is 2.43. The van der Waals surface area contributed by atoms with Crippen LogP contribution in [0.15, 0.2) is 18.2 Å². The molecule has 3 rings (SSSR count). The Morgan fingerprint density at radius 1 is 1.12 bits per heavy atom. The van der Waals surface area contributed by atoms with Crippen LogP contribution in [0.5, 0.6) is 11.5 Å². The Kier molecular flexibility index (Phi) is 4.89. The van der Waals surface area contributed by atoms with E-state index < -0.39 is 0 Å². The van der Waals surface area contributed by atoms with Gasteiger partial charge in [-0.05, 0) is 29.4 Å². The third-order valence-corrected chi connectivity index (χ3v) is 5.85. The van der Waals surface area contributed by atoms with Crippen molar-refractivity contribution in [2.75, 3.05) is 32.3 Å². The summed E-state index contributed by atoms with van der Waals surface area (Å²) < 4.78 is 10.5. The molecule has 3 amide bonds. The molecular formula is C17H22N2O4S. The molecule has 2 heterocycles. The smallest absolute Gasteiger partial charge is 0.327 e. The van der Waals surface area contributed by atoms with Crippen LogP contribution in [0.2, 0.25) is 0 Å². The van der Waals surface area contributed by atoms with E-state index in [1.165, 1.54) is 4.90 Å². The highest BCUT2D eigenvalue weighted by atomic mass is 32.2. The van der Waals surface area contributed by atoms with Crippen molar-refractivity contribution in [3.8, 4) is 11.5 Å². The molecule has 1 aromatic rings. The minimum atomic E-state index is -0.193. The molecule has 2 aliphatic heterocycles. The number of thioether (sulfide) groups is 1. The third-order valence-electron chi connectivity index (χ3n) is 4.51. The number of carbonyl (C=O) groups excluding carboxylic acids is 2.